The number of nitrogens with one attached hydrogen (secondary N) is 2. The van der Waals surface area contributed by atoms with Crippen LogP contribution in [0, 0.1) is 5.92 Å². The lowest BCUT2D eigenvalue weighted by Crippen LogP contribution is -2.52. The minimum atomic E-state index is 0. The zero-order valence-corrected chi connectivity index (χ0v) is 21.6. The van der Waals surface area contributed by atoms with E-state index in [1.807, 2.05) is 12.3 Å². The summed E-state index contributed by atoms with van der Waals surface area (Å²) < 4.78 is 7.20. The van der Waals surface area contributed by atoms with Crippen LogP contribution in [0.2, 0.25) is 0 Å². The smallest absolute Gasteiger partial charge is 0.250 e. The molecule has 32 heavy (non-hydrogen) atoms. The number of guanidine groups is 1. The highest BCUT2D eigenvalue weighted by Crippen LogP contribution is 2.12. The quantitative estimate of drug-likeness (QED) is 0.299. The van der Waals surface area contributed by atoms with Crippen LogP contribution in [-0.2, 0) is 17.8 Å². The summed E-state index contributed by atoms with van der Waals surface area (Å²) in [6, 6.07) is 14.0. The van der Waals surface area contributed by atoms with Crippen molar-refractivity contribution in [3.63, 3.8) is 0 Å². The first-order valence-corrected chi connectivity index (χ1v) is 11.1. The van der Waals surface area contributed by atoms with Crippen molar-refractivity contribution in [3.8, 4) is 0 Å². The molecule has 1 aliphatic rings. The molecule has 0 saturated carbocycles. The summed E-state index contributed by atoms with van der Waals surface area (Å²) in [7, 11) is 1.80. The van der Waals surface area contributed by atoms with Crippen molar-refractivity contribution in [1.82, 2.24) is 20.1 Å². The fraction of sp³-hybridized carbons (Fsp3) is 0.500. The van der Waals surface area contributed by atoms with E-state index in [4.69, 9.17) is 4.74 Å². The van der Waals surface area contributed by atoms with Gasteiger partial charge in [-0.2, -0.15) is 0 Å². The van der Waals surface area contributed by atoms with Gasteiger partial charge in [-0.15, -0.1) is 24.0 Å². The standard InChI is InChI=1S/C24H35N5O2.HI/c1-19(2)22(28-12-14-31-15-13-28)17-27-24(25-3)26-16-20-7-9-21(10-8-20)18-29-11-5-4-6-23(29)30;/h4-11,19,22H,12-18H2,1-3H3,(H2,25,26,27);1H. The Morgan fingerprint density at radius 3 is 2.38 bits per heavy atom. The number of aliphatic imine (C=N–C) groups is 1. The highest BCUT2D eigenvalue weighted by Gasteiger charge is 2.23. The molecule has 2 N–H and O–H groups in total. The number of morpholine rings is 1. The van der Waals surface area contributed by atoms with E-state index in [2.05, 4.69) is 58.6 Å². The largest absolute Gasteiger partial charge is 0.379 e. The number of halogens is 1. The molecule has 1 aromatic heterocycles. The van der Waals surface area contributed by atoms with Gasteiger partial charge in [-0.3, -0.25) is 14.7 Å². The van der Waals surface area contributed by atoms with Gasteiger partial charge in [-0.05, 0) is 23.1 Å². The molecule has 1 aromatic carbocycles. The van der Waals surface area contributed by atoms with Crippen LogP contribution in [0.3, 0.4) is 0 Å². The van der Waals surface area contributed by atoms with E-state index in [9.17, 15) is 4.79 Å². The molecule has 1 unspecified atom stereocenters. The lowest BCUT2D eigenvalue weighted by molar-refractivity contribution is 0.00752. The molecule has 8 heteroatoms. The van der Waals surface area contributed by atoms with Crippen molar-refractivity contribution >= 4 is 29.9 Å². The Balaban J connectivity index is 0.00000363. The molecular formula is C24H36IN5O2. The van der Waals surface area contributed by atoms with Gasteiger partial charge in [0.05, 0.1) is 19.8 Å². The molecule has 1 fully saturated rings. The number of ether oxygens (including phenoxy) is 1. The van der Waals surface area contributed by atoms with Gasteiger partial charge in [0.25, 0.3) is 5.56 Å². The molecule has 0 spiro atoms. The van der Waals surface area contributed by atoms with Crippen molar-refractivity contribution < 1.29 is 4.74 Å². The first-order chi connectivity index (χ1) is 15.1. The second-order valence-corrected chi connectivity index (χ2v) is 8.25. The van der Waals surface area contributed by atoms with Gasteiger partial charge < -0.3 is 19.9 Å². The molecule has 1 atom stereocenters. The van der Waals surface area contributed by atoms with E-state index >= 15 is 0 Å². The van der Waals surface area contributed by atoms with Crippen molar-refractivity contribution in [2.45, 2.75) is 33.0 Å². The van der Waals surface area contributed by atoms with E-state index in [0.29, 0.717) is 25.0 Å². The third kappa shape index (κ3) is 7.90. The predicted octanol–water partition coefficient (Wildman–Crippen LogP) is 2.54. The highest BCUT2D eigenvalue weighted by molar-refractivity contribution is 14.0. The molecule has 7 nitrogen and oxygen atoms in total. The van der Waals surface area contributed by atoms with Gasteiger partial charge in [-0.1, -0.05) is 44.2 Å². The summed E-state index contributed by atoms with van der Waals surface area (Å²) in [6.45, 7) is 10.2. The molecule has 0 bridgehead atoms. The molecular weight excluding hydrogens is 517 g/mol. The Bertz CT molecular complexity index is 892. The van der Waals surface area contributed by atoms with Crippen molar-refractivity contribution in [1.29, 1.82) is 0 Å². The fourth-order valence-corrected chi connectivity index (χ4v) is 3.85. The Kier molecular flexibility index (Phi) is 11.2. The van der Waals surface area contributed by atoms with Gasteiger partial charge in [0.2, 0.25) is 0 Å². The van der Waals surface area contributed by atoms with E-state index in [0.717, 1.165) is 44.4 Å². The van der Waals surface area contributed by atoms with E-state index < -0.39 is 0 Å². The van der Waals surface area contributed by atoms with E-state index in [1.165, 1.54) is 5.56 Å². The summed E-state index contributed by atoms with van der Waals surface area (Å²) in [5, 5.41) is 6.89. The number of hydrogen-bond acceptors (Lipinski definition) is 4. The molecule has 0 amide bonds. The van der Waals surface area contributed by atoms with Crippen molar-refractivity contribution in [2.24, 2.45) is 10.9 Å². The normalized spacial score (nSPS) is 15.8. The summed E-state index contributed by atoms with van der Waals surface area (Å²) in [5.74, 6) is 1.35. The Labute approximate surface area is 208 Å². The Morgan fingerprint density at radius 2 is 1.75 bits per heavy atom. The number of aromatic nitrogens is 1. The number of pyridine rings is 1. The van der Waals surface area contributed by atoms with Crippen LogP contribution in [0.25, 0.3) is 0 Å². The third-order valence-corrected chi connectivity index (χ3v) is 5.72. The third-order valence-electron chi connectivity index (χ3n) is 5.72. The minimum Gasteiger partial charge on any atom is -0.379 e. The van der Waals surface area contributed by atoms with E-state index in [1.54, 1.807) is 23.7 Å². The van der Waals surface area contributed by atoms with Crippen molar-refractivity contribution in [2.75, 3.05) is 39.9 Å². The molecule has 1 saturated heterocycles. The lowest BCUT2D eigenvalue weighted by atomic mass is 10.0. The maximum absolute atomic E-state index is 11.9. The zero-order valence-electron chi connectivity index (χ0n) is 19.3. The number of nitrogens with zero attached hydrogens (tertiary/aromatic N) is 3. The monoisotopic (exact) mass is 553 g/mol. The van der Waals surface area contributed by atoms with Gasteiger partial charge >= 0.3 is 0 Å². The molecule has 0 radical (unpaired) electrons. The van der Waals surface area contributed by atoms with Crippen LogP contribution in [0.15, 0.2) is 58.4 Å². The van der Waals surface area contributed by atoms with Gasteiger partial charge in [0.1, 0.15) is 0 Å². The molecule has 3 rings (SSSR count). The SMILES string of the molecule is CN=C(NCc1ccc(Cn2ccccc2=O)cc1)NCC(C(C)C)N1CCOCC1.I. The van der Waals surface area contributed by atoms with Crippen LogP contribution in [0.4, 0.5) is 0 Å². The summed E-state index contributed by atoms with van der Waals surface area (Å²) in [5.41, 5.74) is 2.28. The zero-order chi connectivity index (χ0) is 22.1. The second-order valence-electron chi connectivity index (χ2n) is 8.25. The number of rotatable bonds is 8. The van der Waals surface area contributed by atoms with Gasteiger partial charge in [0, 0.05) is 51.5 Å². The topological polar surface area (TPSA) is 70.9 Å². The van der Waals surface area contributed by atoms with Gasteiger partial charge in [-0.25, -0.2) is 0 Å². The Hall–Kier alpha value is -1.91. The fourth-order valence-electron chi connectivity index (χ4n) is 3.85. The number of hydrogen-bond donors (Lipinski definition) is 2. The lowest BCUT2D eigenvalue weighted by Gasteiger charge is -2.37. The summed E-state index contributed by atoms with van der Waals surface area (Å²) in [4.78, 5) is 18.8. The average molecular weight is 553 g/mol. The molecule has 2 aromatic rings. The van der Waals surface area contributed by atoms with Crippen LogP contribution in [0.5, 0.6) is 0 Å². The second kappa shape index (κ2) is 13.6. The molecule has 2 heterocycles. The summed E-state index contributed by atoms with van der Waals surface area (Å²) in [6.07, 6.45) is 1.81. The highest BCUT2D eigenvalue weighted by atomic mass is 127. The van der Waals surface area contributed by atoms with Crippen LogP contribution in [-0.4, -0.2) is 61.4 Å². The maximum atomic E-state index is 11.9. The first kappa shape index (κ1) is 26.3. The van der Waals surface area contributed by atoms with Crippen LogP contribution < -0.4 is 16.2 Å². The van der Waals surface area contributed by atoms with Crippen molar-refractivity contribution in [3.05, 3.63) is 70.1 Å². The predicted molar refractivity (Wildman–Crippen MR) is 141 cm³/mol. The number of benzene rings is 1. The summed E-state index contributed by atoms with van der Waals surface area (Å²) >= 11 is 0. The van der Waals surface area contributed by atoms with Crippen LogP contribution in [0.1, 0.15) is 25.0 Å². The molecule has 1 aliphatic heterocycles. The average Bonchev–Trinajstić information content (AvgIpc) is 2.79. The molecule has 0 aliphatic carbocycles. The van der Waals surface area contributed by atoms with Crippen LogP contribution >= 0.6 is 24.0 Å². The maximum Gasteiger partial charge on any atom is 0.250 e. The first-order valence-electron chi connectivity index (χ1n) is 11.1. The Morgan fingerprint density at radius 1 is 1.06 bits per heavy atom. The van der Waals surface area contributed by atoms with E-state index in [-0.39, 0.29) is 29.5 Å². The molecule has 176 valence electrons. The van der Waals surface area contributed by atoms with Gasteiger partial charge in [0.15, 0.2) is 5.96 Å². The minimum absolute atomic E-state index is 0.